The molecular formula is C41H46O5. The predicted molar refractivity (Wildman–Crippen MR) is 185 cm³/mol. The van der Waals surface area contributed by atoms with E-state index in [-0.39, 0.29) is 12.1 Å². The summed E-state index contributed by atoms with van der Waals surface area (Å²) < 4.78 is 23.6. The van der Waals surface area contributed by atoms with Crippen LogP contribution in [-0.4, -0.2) is 38.5 Å². The maximum atomic E-state index is 12.3. The molecule has 0 saturated carbocycles. The zero-order valence-corrected chi connectivity index (χ0v) is 27.4. The van der Waals surface area contributed by atoms with Gasteiger partial charge in [0.25, 0.3) is 0 Å². The average Bonchev–Trinajstić information content (AvgIpc) is 3.23. The molecule has 4 aromatic carbocycles. The fourth-order valence-corrected chi connectivity index (χ4v) is 6.08. The zero-order valence-electron chi connectivity index (χ0n) is 27.4. The van der Waals surface area contributed by atoms with Crippen LogP contribution >= 0.6 is 0 Å². The van der Waals surface area contributed by atoms with Crippen molar-refractivity contribution in [1.29, 1.82) is 0 Å². The number of aryl methyl sites for hydroxylation is 3. The summed E-state index contributed by atoms with van der Waals surface area (Å²) in [4.78, 5) is 12.3. The molecule has 0 N–H and O–H groups in total. The molecular weight excluding hydrogens is 572 g/mol. The first kappa shape index (κ1) is 33.2. The SMILES string of the molecule is CCCc1ccc2c(c1)C(OCCOc1ccc(CC(OCC)C(=O)OCC)cc1)c1cccc(CCc3ccccc3)c1C=C2. The molecule has 2 unspecified atom stereocenters. The molecule has 0 aliphatic heterocycles. The number of ether oxygens (including phenoxy) is 4. The second-order valence-corrected chi connectivity index (χ2v) is 11.6. The molecule has 1 aliphatic rings. The van der Waals surface area contributed by atoms with Crippen molar-refractivity contribution in [3.63, 3.8) is 0 Å². The second kappa shape index (κ2) is 16.9. The first-order chi connectivity index (χ1) is 22.6. The Morgan fingerprint density at radius 1 is 0.717 bits per heavy atom. The van der Waals surface area contributed by atoms with Crippen LogP contribution in [0.1, 0.15) is 77.8 Å². The summed E-state index contributed by atoms with van der Waals surface area (Å²) in [6.45, 7) is 7.54. The molecule has 1 aliphatic carbocycles. The minimum atomic E-state index is -0.610. The highest BCUT2D eigenvalue weighted by molar-refractivity contribution is 5.78. The maximum Gasteiger partial charge on any atom is 0.335 e. The highest BCUT2D eigenvalue weighted by atomic mass is 16.6. The van der Waals surface area contributed by atoms with Gasteiger partial charge in [0.15, 0.2) is 6.10 Å². The van der Waals surface area contributed by atoms with Crippen LogP contribution in [0.15, 0.2) is 91.0 Å². The van der Waals surface area contributed by atoms with E-state index in [0.29, 0.717) is 32.8 Å². The van der Waals surface area contributed by atoms with Gasteiger partial charge in [0.2, 0.25) is 0 Å². The average molecular weight is 619 g/mol. The molecule has 46 heavy (non-hydrogen) atoms. The van der Waals surface area contributed by atoms with Gasteiger partial charge in [-0.2, -0.15) is 0 Å². The van der Waals surface area contributed by atoms with Crippen LogP contribution < -0.4 is 4.74 Å². The van der Waals surface area contributed by atoms with Crippen molar-refractivity contribution in [1.82, 2.24) is 0 Å². The van der Waals surface area contributed by atoms with Gasteiger partial charge in [0, 0.05) is 13.0 Å². The maximum absolute atomic E-state index is 12.3. The van der Waals surface area contributed by atoms with Crippen LogP contribution in [0.2, 0.25) is 0 Å². The van der Waals surface area contributed by atoms with Crippen LogP contribution in [0.3, 0.4) is 0 Å². The molecule has 0 spiro atoms. The number of rotatable bonds is 16. The monoisotopic (exact) mass is 618 g/mol. The number of benzene rings is 4. The normalized spacial score (nSPS) is 14.2. The Kier molecular flexibility index (Phi) is 12.2. The lowest BCUT2D eigenvalue weighted by molar-refractivity contribution is -0.156. The number of hydrogen-bond donors (Lipinski definition) is 0. The summed E-state index contributed by atoms with van der Waals surface area (Å²) in [5, 5.41) is 0. The Bertz CT molecular complexity index is 1570. The first-order valence-corrected chi connectivity index (χ1v) is 16.7. The van der Waals surface area contributed by atoms with E-state index in [2.05, 4.69) is 85.8 Å². The van der Waals surface area contributed by atoms with Crippen molar-refractivity contribution in [2.24, 2.45) is 0 Å². The van der Waals surface area contributed by atoms with Gasteiger partial charge in [-0.1, -0.05) is 104 Å². The van der Waals surface area contributed by atoms with Crippen molar-refractivity contribution in [2.45, 2.75) is 65.1 Å². The Morgan fingerprint density at radius 2 is 1.52 bits per heavy atom. The van der Waals surface area contributed by atoms with Crippen LogP contribution in [-0.2, 0) is 44.7 Å². The topological polar surface area (TPSA) is 54.0 Å². The number of carbonyl (C=O) groups is 1. The lowest BCUT2D eigenvalue weighted by Gasteiger charge is -2.23. The molecule has 0 saturated heterocycles. The number of fused-ring (bicyclic) bond motifs is 2. The molecule has 0 radical (unpaired) electrons. The van der Waals surface area contributed by atoms with Gasteiger partial charge in [-0.25, -0.2) is 4.79 Å². The first-order valence-electron chi connectivity index (χ1n) is 16.7. The third-order valence-corrected chi connectivity index (χ3v) is 8.34. The Hall–Kier alpha value is -4.19. The van der Waals surface area contributed by atoms with Gasteiger partial charge in [0.1, 0.15) is 18.5 Å². The number of hydrogen-bond acceptors (Lipinski definition) is 5. The number of carbonyl (C=O) groups excluding carboxylic acids is 1. The fourth-order valence-electron chi connectivity index (χ4n) is 6.08. The molecule has 4 aromatic rings. The molecule has 0 bridgehead atoms. The lowest BCUT2D eigenvalue weighted by Crippen LogP contribution is -2.28. The van der Waals surface area contributed by atoms with Gasteiger partial charge >= 0.3 is 5.97 Å². The van der Waals surface area contributed by atoms with Gasteiger partial charge in [-0.05, 0) is 89.8 Å². The molecule has 5 rings (SSSR count). The zero-order chi connectivity index (χ0) is 32.1. The third kappa shape index (κ3) is 8.74. The lowest BCUT2D eigenvalue weighted by atomic mass is 9.91. The molecule has 0 amide bonds. The van der Waals surface area contributed by atoms with Crippen molar-refractivity contribution in [3.05, 3.63) is 136 Å². The van der Waals surface area contributed by atoms with Crippen molar-refractivity contribution < 1.29 is 23.7 Å². The van der Waals surface area contributed by atoms with E-state index in [9.17, 15) is 4.79 Å². The van der Waals surface area contributed by atoms with E-state index in [1.807, 2.05) is 31.2 Å². The Balaban J connectivity index is 1.28. The van der Waals surface area contributed by atoms with Gasteiger partial charge < -0.3 is 18.9 Å². The summed E-state index contributed by atoms with van der Waals surface area (Å²) in [5.74, 6) is 0.428. The van der Waals surface area contributed by atoms with Crippen molar-refractivity contribution in [2.75, 3.05) is 26.4 Å². The van der Waals surface area contributed by atoms with Crippen LogP contribution in [0.5, 0.6) is 5.75 Å². The minimum Gasteiger partial charge on any atom is -0.491 e. The van der Waals surface area contributed by atoms with Crippen molar-refractivity contribution in [3.8, 4) is 5.75 Å². The van der Waals surface area contributed by atoms with E-state index < -0.39 is 6.10 Å². The van der Waals surface area contributed by atoms with Gasteiger partial charge in [0.05, 0.1) is 13.2 Å². The van der Waals surface area contributed by atoms with Crippen LogP contribution in [0.25, 0.3) is 12.2 Å². The van der Waals surface area contributed by atoms with E-state index in [1.54, 1.807) is 6.92 Å². The smallest absolute Gasteiger partial charge is 0.335 e. The standard InChI is InChI=1S/C41H46O5/c1-4-11-31-17-21-34-22-25-36-33(20-16-30-12-8-7-9-13-30)14-10-15-37(36)40(38(34)28-31)46-27-26-45-35-23-18-32(19-24-35)29-39(43-5-2)41(42)44-6-3/h7-10,12-15,17-19,21-25,28,39-40H,4-6,11,16,20,26-27,29H2,1-3H3. The minimum absolute atomic E-state index is 0.196. The van der Waals surface area contributed by atoms with Gasteiger partial charge in [-0.3, -0.25) is 0 Å². The molecule has 0 heterocycles. The highest BCUT2D eigenvalue weighted by Crippen LogP contribution is 2.38. The molecule has 0 fully saturated rings. The van der Waals surface area contributed by atoms with E-state index in [0.717, 1.165) is 37.0 Å². The van der Waals surface area contributed by atoms with Crippen LogP contribution in [0.4, 0.5) is 0 Å². The predicted octanol–water partition coefficient (Wildman–Crippen LogP) is 8.60. The van der Waals surface area contributed by atoms with Crippen molar-refractivity contribution >= 4 is 18.1 Å². The summed E-state index contributed by atoms with van der Waals surface area (Å²) >= 11 is 0. The van der Waals surface area contributed by atoms with E-state index in [1.165, 1.54) is 38.9 Å². The fraction of sp³-hybridized carbons (Fsp3) is 0.341. The van der Waals surface area contributed by atoms with E-state index >= 15 is 0 Å². The largest absolute Gasteiger partial charge is 0.491 e. The summed E-state index contributed by atoms with van der Waals surface area (Å²) in [5.41, 5.74) is 9.84. The van der Waals surface area contributed by atoms with E-state index in [4.69, 9.17) is 18.9 Å². The summed E-state index contributed by atoms with van der Waals surface area (Å²) in [7, 11) is 0. The summed E-state index contributed by atoms with van der Waals surface area (Å²) in [6.07, 6.45) is 8.26. The summed E-state index contributed by atoms with van der Waals surface area (Å²) in [6, 6.07) is 31.9. The Labute approximate surface area is 274 Å². The molecule has 2 atom stereocenters. The van der Waals surface area contributed by atoms with Crippen LogP contribution in [0, 0.1) is 0 Å². The Morgan fingerprint density at radius 3 is 2.28 bits per heavy atom. The number of esters is 1. The molecule has 5 heteroatoms. The molecule has 5 nitrogen and oxygen atoms in total. The quantitative estimate of drug-likeness (QED) is 0.0930. The van der Waals surface area contributed by atoms with Gasteiger partial charge in [-0.15, -0.1) is 0 Å². The second-order valence-electron chi connectivity index (χ2n) is 11.6. The third-order valence-electron chi connectivity index (χ3n) is 8.34. The molecule has 0 aromatic heterocycles. The molecule has 240 valence electrons. The highest BCUT2D eigenvalue weighted by Gasteiger charge is 2.24.